The molecule has 0 saturated carbocycles. The summed E-state index contributed by atoms with van der Waals surface area (Å²) in [6.07, 6.45) is 3.92. The van der Waals surface area contributed by atoms with E-state index in [-0.39, 0.29) is 10.2 Å². The van der Waals surface area contributed by atoms with Gasteiger partial charge in [-0.1, -0.05) is 0 Å². The molecule has 0 aliphatic carbocycles. The molecule has 0 aliphatic heterocycles. The molecule has 0 bridgehead atoms. The van der Waals surface area contributed by atoms with E-state index in [2.05, 4.69) is 26.2 Å². The topological polar surface area (TPSA) is 39.1 Å². The fraction of sp³-hybridized carbons (Fsp3) is 0.357. The Labute approximate surface area is 130 Å². The Balaban J connectivity index is 2.11. The van der Waals surface area contributed by atoms with Gasteiger partial charge in [-0.05, 0) is 35.3 Å². The number of aromatic nitrogens is 2. The van der Waals surface area contributed by atoms with Crippen LogP contribution in [-0.4, -0.2) is 29.3 Å². The SMILES string of the molecule is CCOCCCNc1nccn1-c1cc(F)c(Br)cc1F. The van der Waals surface area contributed by atoms with Gasteiger partial charge in [-0.25, -0.2) is 13.8 Å². The standard InChI is InChI=1S/C14H16BrF2N3O/c1-2-21-7-3-4-18-14-19-5-6-20(14)13-9-11(16)10(15)8-12(13)17/h5-6,8-9H,2-4,7H2,1H3,(H,18,19). The molecule has 1 heterocycles. The fourth-order valence-corrected chi connectivity index (χ4v) is 2.16. The molecule has 1 aromatic heterocycles. The van der Waals surface area contributed by atoms with E-state index in [0.717, 1.165) is 18.6 Å². The molecule has 0 saturated heterocycles. The monoisotopic (exact) mass is 359 g/mol. The van der Waals surface area contributed by atoms with Crippen LogP contribution in [0, 0.1) is 11.6 Å². The van der Waals surface area contributed by atoms with Gasteiger partial charge in [0.15, 0.2) is 0 Å². The van der Waals surface area contributed by atoms with Crippen molar-refractivity contribution in [2.45, 2.75) is 13.3 Å². The van der Waals surface area contributed by atoms with E-state index >= 15 is 0 Å². The van der Waals surface area contributed by atoms with Gasteiger partial charge >= 0.3 is 0 Å². The number of benzene rings is 1. The minimum Gasteiger partial charge on any atom is -0.382 e. The van der Waals surface area contributed by atoms with Crippen molar-refractivity contribution in [2.24, 2.45) is 0 Å². The lowest BCUT2D eigenvalue weighted by Gasteiger charge is -2.11. The van der Waals surface area contributed by atoms with Crippen LogP contribution in [0.2, 0.25) is 0 Å². The van der Waals surface area contributed by atoms with E-state index in [1.54, 1.807) is 6.20 Å². The van der Waals surface area contributed by atoms with Gasteiger partial charge in [-0.2, -0.15) is 0 Å². The summed E-state index contributed by atoms with van der Waals surface area (Å²) in [5.41, 5.74) is 0.112. The zero-order valence-corrected chi connectivity index (χ0v) is 13.2. The maximum Gasteiger partial charge on any atom is 0.207 e. The minimum atomic E-state index is -0.529. The van der Waals surface area contributed by atoms with Crippen LogP contribution in [0.1, 0.15) is 13.3 Å². The molecule has 0 radical (unpaired) electrons. The highest BCUT2D eigenvalue weighted by Gasteiger charge is 2.13. The number of rotatable bonds is 7. The summed E-state index contributed by atoms with van der Waals surface area (Å²) in [5.74, 6) is -0.590. The molecule has 2 aromatic rings. The van der Waals surface area contributed by atoms with Crippen molar-refractivity contribution in [1.82, 2.24) is 9.55 Å². The molecule has 0 aliphatic rings. The molecular weight excluding hydrogens is 344 g/mol. The molecule has 1 aromatic carbocycles. The lowest BCUT2D eigenvalue weighted by molar-refractivity contribution is 0.147. The van der Waals surface area contributed by atoms with E-state index < -0.39 is 11.6 Å². The second-order valence-corrected chi connectivity index (χ2v) is 5.17. The molecule has 4 nitrogen and oxygen atoms in total. The molecule has 0 unspecified atom stereocenters. The molecule has 7 heteroatoms. The summed E-state index contributed by atoms with van der Waals surface area (Å²) in [6, 6.07) is 2.23. The van der Waals surface area contributed by atoms with Gasteiger partial charge in [-0.3, -0.25) is 4.57 Å². The number of hydrogen-bond donors (Lipinski definition) is 1. The molecule has 0 atom stereocenters. The summed E-state index contributed by atoms with van der Waals surface area (Å²) >= 11 is 2.96. The quantitative estimate of drug-likeness (QED) is 0.604. The Morgan fingerprint density at radius 2 is 2.14 bits per heavy atom. The van der Waals surface area contributed by atoms with Crippen molar-refractivity contribution in [3.05, 3.63) is 40.6 Å². The molecular formula is C14H16BrF2N3O. The maximum absolute atomic E-state index is 14.0. The Morgan fingerprint density at radius 3 is 2.90 bits per heavy atom. The number of nitrogens with zero attached hydrogens (tertiary/aromatic N) is 2. The van der Waals surface area contributed by atoms with E-state index in [9.17, 15) is 8.78 Å². The number of halogens is 3. The normalized spacial score (nSPS) is 10.9. The Hall–Kier alpha value is -1.47. The lowest BCUT2D eigenvalue weighted by atomic mass is 10.3. The third-order valence-corrected chi connectivity index (χ3v) is 3.45. The van der Waals surface area contributed by atoms with Gasteiger partial charge in [0.2, 0.25) is 5.95 Å². The van der Waals surface area contributed by atoms with Crippen molar-refractivity contribution < 1.29 is 13.5 Å². The average molecular weight is 360 g/mol. The fourth-order valence-electron chi connectivity index (χ4n) is 1.84. The number of hydrogen-bond acceptors (Lipinski definition) is 3. The van der Waals surface area contributed by atoms with Crippen molar-refractivity contribution in [3.8, 4) is 5.69 Å². The zero-order valence-electron chi connectivity index (χ0n) is 11.6. The van der Waals surface area contributed by atoms with Crippen LogP contribution in [0.15, 0.2) is 29.0 Å². The first-order chi connectivity index (χ1) is 10.1. The van der Waals surface area contributed by atoms with Gasteiger partial charge in [0.05, 0.1) is 10.2 Å². The van der Waals surface area contributed by atoms with Crippen LogP contribution in [-0.2, 0) is 4.74 Å². The van der Waals surface area contributed by atoms with Crippen LogP contribution < -0.4 is 5.32 Å². The van der Waals surface area contributed by atoms with Crippen molar-refractivity contribution in [3.63, 3.8) is 0 Å². The van der Waals surface area contributed by atoms with E-state index in [4.69, 9.17) is 4.74 Å². The number of ether oxygens (including phenoxy) is 1. The Kier molecular flexibility index (Phi) is 5.69. The molecule has 1 N–H and O–H groups in total. The first-order valence-corrected chi connectivity index (χ1v) is 7.42. The maximum atomic E-state index is 14.0. The third-order valence-electron chi connectivity index (χ3n) is 2.84. The van der Waals surface area contributed by atoms with Crippen LogP contribution in [0.3, 0.4) is 0 Å². The highest BCUT2D eigenvalue weighted by molar-refractivity contribution is 9.10. The summed E-state index contributed by atoms with van der Waals surface area (Å²) in [7, 11) is 0. The minimum absolute atomic E-state index is 0.0927. The molecule has 0 fully saturated rings. The largest absolute Gasteiger partial charge is 0.382 e. The van der Waals surface area contributed by atoms with Crippen LogP contribution >= 0.6 is 15.9 Å². The predicted molar refractivity (Wildman–Crippen MR) is 80.8 cm³/mol. The summed E-state index contributed by atoms with van der Waals surface area (Å²) < 4.78 is 34.4. The van der Waals surface area contributed by atoms with E-state index in [1.807, 2.05) is 6.92 Å². The second kappa shape index (κ2) is 7.51. The molecule has 2 rings (SSSR count). The molecule has 0 amide bonds. The van der Waals surface area contributed by atoms with Gasteiger partial charge in [-0.15, -0.1) is 0 Å². The highest BCUT2D eigenvalue weighted by Crippen LogP contribution is 2.24. The number of imidazole rings is 1. The van der Waals surface area contributed by atoms with Crippen molar-refractivity contribution >= 4 is 21.9 Å². The lowest BCUT2D eigenvalue weighted by Crippen LogP contribution is -2.10. The average Bonchev–Trinajstić information content (AvgIpc) is 2.91. The van der Waals surface area contributed by atoms with E-state index in [0.29, 0.717) is 25.7 Å². The van der Waals surface area contributed by atoms with Crippen LogP contribution in [0.25, 0.3) is 5.69 Å². The van der Waals surface area contributed by atoms with Crippen LogP contribution in [0.4, 0.5) is 14.7 Å². The van der Waals surface area contributed by atoms with Gasteiger partial charge < -0.3 is 10.1 Å². The number of nitrogens with one attached hydrogen (secondary N) is 1. The number of anilines is 1. The van der Waals surface area contributed by atoms with Gasteiger partial charge in [0.1, 0.15) is 11.6 Å². The second-order valence-electron chi connectivity index (χ2n) is 4.32. The smallest absolute Gasteiger partial charge is 0.207 e. The molecule has 114 valence electrons. The summed E-state index contributed by atoms with van der Waals surface area (Å²) in [4.78, 5) is 4.11. The third kappa shape index (κ3) is 4.01. The van der Waals surface area contributed by atoms with Crippen LogP contribution in [0.5, 0.6) is 0 Å². The van der Waals surface area contributed by atoms with Crippen molar-refractivity contribution in [2.75, 3.05) is 25.1 Å². The van der Waals surface area contributed by atoms with E-state index in [1.165, 1.54) is 10.8 Å². The summed E-state index contributed by atoms with van der Waals surface area (Å²) in [5, 5.41) is 3.08. The van der Waals surface area contributed by atoms with Crippen molar-refractivity contribution in [1.29, 1.82) is 0 Å². The first kappa shape index (κ1) is 15.9. The van der Waals surface area contributed by atoms with Gasteiger partial charge in [0.25, 0.3) is 0 Å². The summed E-state index contributed by atoms with van der Waals surface area (Å²) in [6.45, 7) is 3.89. The van der Waals surface area contributed by atoms with Gasteiger partial charge in [0, 0.05) is 38.2 Å². The Bertz CT molecular complexity index is 604. The molecule has 21 heavy (non-hydrogen) atoms. The predicted octanol–water partition coefficient (Wildman–Crippen LogP) is 3.75. The first-order valence-electron chi connectivity index (χ1n) is 6.63. The Morgan fingerprint density at radius 1 is 1.33 bits per heavy atom. The zero-order chi connectivity index (χ0) is 15.2. The molecule has 0 spiro atoms. The highest BCUT2D eigenvalue weighted by atomic mass is 79.9.